The largest absolute Gasteiger partial charge is 0.435 e. The molecule has 8 heteroatoms. The highest BCUT2D eigenvalue weighted by atomic mass is 19.3. The molecule has 24 heavy (non-hydrogen) atoms. The second kappa shape index (κ2) is 8.00. The molecule has 0 radical (unpaired) electrons. The van der Waals surface area contributed by atoms with Crippen LogP contribution in [0.4, 0.5) is 20.2 Å². The number of alkyl halides is 2. The van der Waals surface area contributed by atoms with Crippen LogP contribution in [-0.2, 0) is 0 Å². The van der Waals surface area contributed by atoms with E-state index in [0.717, 1.165) is 5.56 Å². The smallest absolute Gasteiger partial charge is 0.387 e. The summed E-state index contributed by atoms with van der Waals surface area (Å²) >= 11 is 0. The third-order valence-corrected chi connectivity index (χ3v) is 3.15. The van der Waals surface area contributed by atoms with Crippen molar-refractivity contribution in [3.05, 3.63) is 64.2 Å². The molecule has 0 amide bonds. The van der Waals surface area contributed by atoms with Gasteiger partial charge in [0, 0.05) is 12.1 Å². The van der Waals surface area contributed by atoms with E-state index >= 15 is 0 Å². The molecule has 0 aliphatic rings. The molecule has 0 aromatic heterocycles. The molecule has 2 aromatic carbocycles. The summed E-state index contributed by atoms with van der Waals surface area (Å²) in [7, 11) is 0. The Labute approximate surface area is 136 Å². The monoisotopic (exact) mass is 335 g/mol. The third kappa shape index (κ3) is 4.73. The van der Waals surface area contributed by atoms with Crippen molar-refractivity contribution < 1.29 is 18.4 Å². The molecule has 0 saturated carbocycles. The van der Waals surface area contributed by atoms with Gasteiger partial charge < -0.3 is 4.74 Å². The van der Waals surface area contributed by atoms with Crippen molar-refractivity contribution in [2.45, 2.75) is 20.0 Å². The van der Waals surface area contributed by atoms with Gasteiger partial charge in [-0.25, -0.2) is 0 Å². The summed E-state index contributed by atoms with van der Waals surface area (Å²) in [5.41, 5.74) is 4.88. The fourth-order valence-corrected chi connectivity index (χ4v) is 1.97. The van der Waals surface area contributed by atoms with E-state index in [9.17, 15) is 18.9 Å². The van der Waals surface area contributed by atoms with Crippen LogP contribution in [0.15, 0.2) is 53.6 Å². The molecule has 0 fully saturated rings. The summed E-state index contributed by atoms with van der Waals surface area (Å²) in [5, 5.41) is 14.9. The van der Waals surface area contributed by atoms with Crippen LogP contribution in [0.3, 0.4) is 0 Å². The van der Waals surface area contributed by atoms with E-state index in [4.69, 9.17) is 0 Å². The van der Waals surface area contributed by atoms with Gasteiger partial charge in [0.2, 0.25) is 0 Å². The van der Waals surface area contributed by atoms with Crippen LogP contribution in [0.2, 0.25) is 0 Å². The number of anilines is 1. The van der Waals surface area contributed by atoms with Crippen molar-refractivity contribution in [1.29, 1.82) is 0 Å². The van der Waals surface area contributed by atoms with Crippen LogP contribution >= 0.6 is 0 Å². The lowest BCUT2D eigenvalue weighted by molar-refractivity contribution is -0.384. The lowest BCUT2D eigenvalue weighted by Crippen LogP contribution is -2.05. The predicted molar refractivity (Wildman–Crippen MR) is 86.6 cm³/mol. The quantitative estimate of drug-likeness (QED) is 0.461. The van der Waals surface area contributed by atoms with Crippen LogP contribution in [0.5, 0.6) is 5.75 Å². The number of hydrogen-bond acceptors (Lipinski definition) is 5. The van der Waals surface area contributed by atoms with Crippen molar-refractivity contribution in [2.75, 3.05) is 5.43 Å². The first-order chi connectivity index (χ1) is 11.5. The van der Waals surface area contributed by atoms with E-state index in [0.29, 0.717) is 17.8 Å². The molecule has 1 N–H and O–H groups in total. The second-order valence-electron chi connectivity index (χ2n) is 4.73. The van der Waals surface area contributed by atoms with E-state index in [1.807, 2.05) is 6.92 Å². The number of ether oxygens (including phenoxy) is 1. The Bertz CT molecular complexity index is 716. The summed E-state index contributed by atoms with van der Waals surface area (Å²) in [6.45, 7) is -0.959. The molecule has 0 spiro atoms. The van der Waals surface area contributed by atoms with Gasteiger partial charge in [0.15, 0.2) is 0 Å². The Hall–Kier alpha value is -3.03. The number of hydrazone groups is 1. The molecule has 0 saturated heterocycles. The van der Waals surface area contributed by atoms with Gasteiger partial charge in [0.05, 0.1) is 16.3 Å². The molecule has 0 aliphatic carbocycles. The maximum atomic E-state index is 12.1. The second-order valence-corrected chi connectivity index (χ2v) is 4.73. The average molecular weight is 335 g/mol. The van der Waals surface area contributed by atoms with Crippen LogP contribution in [0.1, 0.15) is 18.9 Å². The van der Waals surface area contributed by atoms with E-state index in [1.54, 1.807) is 24.3 Å². The summed E-state index contributed by atoms with van der Waals surface area (Å²) in [5.74, 6) is 0.0764. The fraction of sp³-hybridized carbons (Fsp3) is 0.188. The minimum atomic E-state index is -2.86. The fourth-order valence-electron chi connectivity index (χ4n) is 1.97. The first-order valence-corrected chi connectivity index (χ1v) is 7.12. The first kappa shape index (κ1) is 17.3. The van der Waals surface area contributed by atoms with Crippen molar-refractivity contribution in [3.63, 3.8) is 0 Å². The zero-order chi connectivity index (χ0) is 17.5. The normalized spacial score (nSPS) is 11.4. The van der Waals surface area contributed by atoms with Gasteiger partial charge in [-0.15, -0.1) is 0 Å². The maximum absolute atomic E-state index is 12.1. The number of non-ortho nitro benzene ring substituents is 1. The molecular formula is C16H15F2N3O3. The predicted octanol–water partition coefficient (Wildman–Crippen LogP) is 4.42. The SMILES string of the molecule is CC/C(=N\Nc1ccc([N+](=O)[O-])cc1)c1ccc(OC(F)F)cc1. The Kier molecular flexibility index (Phi) is 5.78. The molecule has 0 bridgehead atoms. The van der Waals surface area contributed by atoms with Gasteiger partial charge >= 0.3 is 6.61 Å². The highest BCUT2D eigenvalue weighted by Crippen LogP contribution is 2.18. The minimum absolute atomic E-state index is 0.00476. The van der Waals surface area contributed by atoms with Crippen LogP contribution in [0.25, 0.3) is 0 Å². The van der Waals surface area contributed by atoms with Gasteiger partial charge in [-0.05, 0) is 48.4 Å². The number of halogens is 2. The average Bonchev–Trinajstić information content (AvgIpc) is 2.56. The van der Waals surface area contributed by atoms with Crippen LogP contribution in [0, 0.1) is 10.1 Å². The van der Waals surface area contributed by atoms with Crippen molar-refractivity contribution >= 4 is 17.1 Å². The molecule has 126 valence electrons. The molecule has 0 unspecified atom stereocenters. The van der Waals surface area contributed by atoms with Gasteiger partial charge in [0.1, 0.15) is 5.75 Å². The molecule has 0 heterocycles. The third-order valence-electron chi connectivity index (χ3n) is 3.15. The standard InChI is InChI=1S/C16H15F2N3O3/c1-2-15(11-3-9-14(10-4-11)24-16(17)18)20-19-12-5-7-13(8-6-12)21(22)23/h3-10,16,19H,2H2,1H3/b20-15+. The molecule has 0 atom stereocenters. The van der Waals surface area contributed by atoms with Gasteiger partial charge in [-0.1, -0.05) is 6.92 Å². The van der Waals surface area contributed by atoms with Gasteiger partial charge in [-0.2, -0.15) is 13.9 Å². The Morgan fingerprint density at radius 2 is 1.83 bits per heavy atom. The number of rotatable bonds is 7. The Morgan fingerprint density at radius 3 is 2.33 bits per heavy atom. The van der Waals surface area contributed by atoms with E-state index in [1.165, 1.54) is 24.3 Å². The minimum Gasteiger partial charge on any atom is -0.435 e. The lowest BCUT2D eigenvalue weighted by Gasteiger charge is -2.08. The van der Waals surface area contributed by atoms with Crippen LogP contribution in [-0.4, -0.2) is 17.2 Å². The highest BCUT2D eigenvalue weighted by molar-refractivity contribution is 6.00. The van der Waals surface area contributed by atoms with E-state index < -0.39 is 11.5 Å². The lowest BCUT2D eigenvalue weighted by atomic mass is 10.1. The van der Waals surface area contributed by atoms with Crippen molar-refractivity contribution in [3.8, 4) is 5.75 Å². The zero-order valence-corrected chi connectivity index (χ0v) is 12.8. The molecule has 6 nitrogen and oxygen atoms in total. The van der Waals surface area contributed by atoms with Crippen LogP contribution < -0.4 is 10.2 Å². The molecule has 0 aliphatic heterocycles. The summed E-state index contributed by atoms with van der Waals surface area (Å²) in [6, 6.07) is 12.0. The topological polar surface area (TPSA) is 76.8 Å². The van der Waals surface area contributed by atoms with Crippen molar-refractivity contribution in [1.82, 2.24) is 0 Å². The Morgan fingerprint density at radius 1 is 1.21 bits per heavy atom. The number of nitro groups is 1. The van der Waals surface area contributed by atoms with Gasteiger partial charge in [-0.3, -0.25) is 15.5 Å². The van der Waals surface area contributed by atoms with E-state index in [2.05, 4.69) is 15.3 Å². The number of hydrogen-bond donors (Lipinski definition) is 1. The molecular weight excluding hydrogens is 320 g/mol. The number of benzene rings is 2. The summed E-state index contributed by atoms with van der Waals surface area (Å²) < 4.78 is 28.6. The number of nitro benzene ring substituents is 1. The first-order valence-electron chi connectivity index (χ1n) is 7.12. The summed E-state index contributed by atoms with van der Waals surface area (Å²) in [6.07, 6.45) is 0.606. The maximum Gasteiger partial charge on any atom is 0.387 e. The number of nitrogens with zero attached hydrogens (tertiary/aromatic N) is 2. The summed E-state index contributed by atoms with van der Waals surface area (Å²) in [4.78, 5) is 10.1. The van der Waals surface area contributed by atoms with Gasteiger partial charge in [0.25, 0.3) is 5.69 Å². The molecule has 2 aromatic rings. The number of nitrogens with one attached hydrogen (secondary N) is 1. The van der Waals surface area contributed by atoms with Crippen molar-refractivity contribution in [2.24, 2.45) is 5.10 Å². The zero-order valence-electron chi connectivity index (χ0n) is 12.8. The molecule has 2 rings (SSSR count). The Balaban J connectivity index is 2.09. The highest BCUT2D eigenvalue weighted by Gasteiger charge is 2.07. The van der Waals surface area contributed by atoms with E-state index in [-0.39, 0.29) is 11.4 Å².